The molecule has 96 valence electrons. The number of methoxy groups -OCH3 is 1. The molecule has 3 N–H and O–H groups in total. The molecule has 0 spiro atoms. The minimum atomic E-state index is 0.220. The summed E-state index contributed by atoms with van der Waals surface area (Å²) in [6.07, 6.45) is 0. The van der Waals surface area contributed by atoms with Crippen molar-refractivity contribution in [2.24, 2.45) is 0 Å². The van der Waals surface area contributed by atoms with Gasteiger partial charge in [0.2, 0.25) is 0 Å². The van der Waals surface area contributed by atoms with Crippen LogP contribution in [-0.2, 0) is 4.74 Å². The van der Waals surface area contributed by atoms with Crippen molar-refractivity contribution in [2.45, 2.75) is 13.0 Å². The molecular weight excluding hydrogens is 246 g/mol. The van der Waals surface area contributed by atoms with Crippen LogP contribution in [0.1, 0.15) is 6.92 Å². The Kier molecular flexibility index (Phi) is 4.17. The average molecular weight is 263 g/mol. The maximum Gasteiger partial charge on any atom is 0.147 e. The van der Waals surface area contributed by atoms with E-state index in [-0.39, 0.29) is 6.04 Å². The maximum atomic E-state index is 5.95. The number of benzene rings is 1. The molecule has 0 bridgehead atoms. The molecule has 4 nitrogen and oxygen atoms in total. The first-order valence-corrected chi connectivity index (χ1v) is 6.55. The highest BCUT2D eigenvalue weighted by Crippen LogP contribution is 2.36. The molecule has 0 fully saturated rings. The Morgan fingerprint density at radius 2 is 2.11 bits per heavy atom. The lowest BCUT2D eigenvalue weighted by Crippen LogP contribution is -2.20. The van der Waals surface area contributed by atoms with Gasteiger partial charge in [0.1, 0.15) is 10.8 Å². The van der Waals surface area contributed by atoms with Gasteiger partial charge in [-0.3, -0.25) is 0 Å². The van der Waals surface area contributed by atoms with Crippen LogP contribution >= 0.6 is 11.5 Å². The molecule has 1 atom stereocenters. The van der Waals surface area contributed by atoms with E-state index >= 15 is 0 Å². The summed E-state index contributed by atoms with van der Waals surface area (Å²) in [4.78, 5) is 0. The molecular formula is C13H17N3OS. The number of anilines is 2. The molecule has 0 amide bonds. The van der Waals surface area contributed by atoms with Crippen molar-refractivity contribution in [1.82, 2.24) is 4.37 Å². The van der Waals surface area contributed by atoms with Crippen LogP contribution < -0.4 is 11.1 Å². The lowest BCUT2D eigenvalue weighted by molar-refractivity contribution is 0.190. The second kappa shape index (κ2) is 5.84. The number of hydrogen-bond acceptors (Lipinski definition) is 5. The van der Waals surface area contributed by atoms with Gasteiger partial charge in [0.15, 0.2) is 0 Å². The summed E-state index contributed by atoms with van der Waals surface area (Å²) in [6, 6.07) is 10.3. The highest BCUT2D eigenvalue weighted by Gasteiger charge is 2.14. The second-order valence-electron chi connectivity index (χ2n) is 4.14. The average Bonchev–Trinajstić information content (AvgIpc) is 2.72. The summed E-state index contributed by atoms with van der Waals surface area (Å²) >= 11 is 1.38. The molecule has 0 saturated carbocycles. The van der Waals surface area contributed by atoms with Crippen molar-refractivity contribution in [3.8, 4) is 11.1 Å². The highest BCUT2D eigenvalue weighted by atomic mass is 32.1. The lowest BCUT2D eigenvalue weighted by atomic mass is 10.1. The van der Waals surface area contributed by atoms with Crippen LogP contribution in [0.4, 0.5) is 10.8 Å². The number of nitrogen functional groups attached to an aromatic ring is 1. The molecule has 18 heavy (non-hydrogen) atoms. The first-order chi connectivity index (χ1) is 8.72. The third-order valence-electron chi connectivity index (χ3n) is 2.58. The molecule has 1 aromatic carbocycles. The Labute approximate surface area is 111 Å². The van der Waals surface area contributed by atoms with E-state index in [4.69, 9.17) is 10.5 Å². The molecule has 2 aromatic rings. The standard InChI is InChI=1S/C13H17N3OS/c1-9(8-17-2)15-13-11(12(14)16-18-13)10-6-4-3-5-7-10/h3-7,9,15H,8H2,1-2H3,(H2,14,16). The predicted molar refractivity (Wildman–Crippen MR) is 76.9 cm³/mol. The Morgan fingerprint density at radius 1 is 1.39 bits per heavy atom. The van der Waals surface area contributed by atoms with Crippen LogP contribution in [-0.4, -0.2) is 24.1 Å². The molecule has 0 aliphatic rings. The van der Waals surface area contributed by atoms with Gasteiger partial charge in [0, 0.05) is 13.2 Å². The third kappa shape index (κ3) is 2.80. The molecule has 0 saturated heterocycles. The van der Waals surface area contributed by atoms with Gasteiger partial charge < -0.3 is 15.8 Å². The first-order valence-electron chi connectivity index (χ1n) is 5.78. The Bertz CT molecular complexity index is 498. The summed E-state index contributed by atoms with van der Waals surface area (Å²) < 4.78 is 9.34. The summed E-state index contributed by atoms with van der Waals surface area (Å²) in [5, 5.41) is 4.37. The zero-order valence-corrected chi connectivity index (χ0v) is 11.3. The van der Waals surface area contributed by atoms with E-state index in [0.29, 0.717) is 12.4 Å². The second-order valence-corrected chi connectivity index (χ2v) is 4.91. The van der Waals surface area contributed by atoms with Crippen molar-refractivity contribution in [1.29, 1.82) is 0 Å². The van der Waals surface area contributed by atoms with Crippen molar-refractivity contribution < 1.29 is 4.74 Å². The molecule has 0 aliphatic carbocycles. The maximum absolute atomic E-state index is 5.95. The van der Waals surface area contributed by atoms with Gasteiger partial charge in [0.05, 0.1) is 12.2 Å². The van der Waals surface area contributed by atoms with E-state index in [2.05, 4.69) is 16.6 Å². The summed E-state index contributed by atoms with van der Waals surface area (Å²) in [5.41, 5.74) is 8.01. The normalized spacial score (nSPS) is 12.3. The van der Waals surface area contributed by atoms with Crippen LogP contribution in [0, 0.1) is 0 Å². The van der Waals surface area contributed by atoms with Crippen molar-refractivity contribution in [3.05, 3.63) is 30.3 Å². The van der Waals surface area contributed by atoms with E-state index in [1.165, 1.54) is 11.5 Å². The smallest absolute Gasteiger partial charge is 0.147 e. The van der Waals surface area contributed by atoms with Gasteiger partial charge >= 0.3 is 0 Å². The van der Waals surface area contributed by atoms with E-state index in [0.717, 1.165) is 16.1 Å². The number of nitrogens with two attached hydrogens (primary N) is 1. The van der Waals surface area contributed by atoms with Gasteiger partial charge in [-0.2, -0.15) is 4.37 Å². The molecule has 0 radical (unpaired) electrons. The molecule has 1 aromatic heterocycles. The molecule has 5 heteroatoms. The lowest BCUT2D eigenvalue weighted by Gasteiger charge is -2.13. The number of ether oxygens (including phenoxy) is 1. The quantitative estimate of drug-likeness (QED) is 0.871. The molecule has 2 rings (SSSR count). The summed E-state index contributed by atoms with van der Waals surface area (Å²) in [5.74, 6) is 0.568. The van der Waals surface area contributed by atoms with Gasteiger partial charge in [0.25, 0.3) is 0 Å². The zero-order valence-electron chi connectivity index (χ0n) is 10.5. The van der Waals surface area contributed by atoms with Crippen LogP contribution in [0.25, 0.3) is 11.1 Å². The highest BCUT2D eigenvalue weighted by molar-refractivity contribution is 7.11. The van der Waals surface area contributed by atoms with Crippen LogP contribution in [0.2, 0.25) is 0 Å². The molecule has 1 unspecified atom stereocenters. The van der Waals surface area contributed by atoms with Crippen molar-refractivity contribution in [3.63, 3.8) is 0 Å². The Hall–Kier alpha value is -1.59. The fourth-order valence-electron chi connectivity index (χ4n) is 1.80. The summed E-state index contributed by atoms with van der Waals surface area (Å²) in [7, 11) is 1.69. The number of nitrogens with one attached hydrogen (secondary N) is 1. The zero-order chi connectivity index (χ0) is 13.0. The van der Waals surface area contributed by atoms with Gasteiger partial charge in [-0.05, 0) is 24.0 Å². The van der Waals surface area contributed by atoms with Crippen molar-refractivity contribution >= 4 is 22.4 Å². The Morgan fingerprint density at radius 3 is 2.78 bits per heavy atom. The predicted octanol–water partition coefficient (Wildman–Crippen LogP) is 2.84. The summed E-state index contributed by atoms with van der Waals surface area (Å²) in [6.45, 7) is 2.71. The van der Waals surface area contributed by atoms with Crippen molar-refractivity contribution in [2.75, 3.05) is 24.8 Å². The number of rotatable bonds is 5. The minimum absolute atomic E-state index is 0.220. The van der Waals surface area contributed by atoms with E-state index in [9.17, 15) is 0 Å². The number of nitrogens with zero attached hydrogens (tertiary/aromatic N) is 1. The van der Waals surface area contributed by atoms with Gasteiger partial charge in [-0.15, -0.1) is 0 Å². The van der Waals surface area contributed by atoms with Crippen LogP contribution in [0.15, 0.2) is 30.3 Å². The fraction of sp³-hybridized carbons (Fsp3) is 0.308. The molecule has 1 heterocycles. The monoisotopic (exact) mass is 263 g/mol. The van der Waals surface area contributed by atoms with E-state index in [1.54, 1.807) is 7.11 Å². The molecule has 0 aliphatic heterocycles. The fourth-order valence-corrected chi connectivity index (χ4v) is 2.65. The van der Waals surface area contributed by atoms with E-state index < -0.39 is 0 Å². The minimum Gasteiger partial charge on any atom is -0.383 e. The van der Waals surface area contributed by atoms with Gasteiger partial charge in [-0.1, -0.05) is 30.3 Å². The van der Waals surface area contributed by atoms with E-state index in [1.807, 2.05) is 30.3 Å². The first kappa shape index (κ1) is 12.9. The third-order valence-corrected chi connectivity index (χ3v) is 3.37. The Balaban J connectivity index is 2.28. The van der Waals surface area contributed by atoms with Gasteiger partial charge in [-0.25, -0.2) is 0 Å². The SMILES string of the molecule is COCC(C)Nc1snc(N)c1-c1ccccc1. The van der Waals surface area contributed by atoms with Crippen LogP contribution in [0.5, 0.6) is 0 Å². The van der Waals surface area contributed by atoms with Crippen LogP contribution in [0.3, 0.4) is 0 Å². The number of hydrogen-bond donors (Lipinski definition) is 2. The number of aromatic nitrogens is 1. The topological polar surface area (TPSA) is 60.2 Å². The largest absolute Gasteiger partial charge is 0.383 e.